The van der Waals surface area contributed by atoms with Gasteiger partial charge in [-0.25, -0.2) is 0 Å². The van der Waals surface area contributed by atoms with Crippen LogP contribution in [0, 0.1) is 5.92 Å². The first-order chi connectivity index (χ1) is 8.38. The van der Waals surface area contributed by atoms with Crippen molar-refractivity contribution in [1.29, 1.82) is 0 Å². The molecular weight excluding hydrogens is 222 g/mol. The fourth-order valence-corrected chi connectivity index (χ4v) is 1.53. The number of hydrogen-bond donors (Lipinski definition) is 0. The molecule has 0 aliphatic rings. The number of hydrogen-bond acceptors (Lipinski definition) is 1. The molecule has 0 aromatic heterocycles. The highest BCUT2D eigenvalue weighted by Gasteiger charge is 2.12. The number of amides is 1. The fourth-order valence-electron chi connectivity index (χ4n) is 1.53. The van der Waals surface area contributed by atoms with Crippen LogP contribution in [0.1, 0.15) is 47.5 Å². The Morgan fingerprint density at radius 1 is 1.22 bits per heavy atom. The van der Waals surface area contributed by atoms with Crippen molar-refractivity contribution in [3.8, 4) is 0 Å². The van der Waals surface area contributed by atoms with E-state index >= 15 is 0 Å². The fraction of sp³-hybridized carbons (Fsp3) is 0.562. The molecule has 0 bridgehead atoms. The van der Waals surface area contributed by atoms with Crippen molar-refractivity contribution >= 4 is 5.91 Å². The van der Waals surface area contributed by atoms with E-state index in [-0.39, 0.29) is 11.8 Å². The average Bonchev–Trinajstić information content (AvgIpc) is 2.28. The predicted octanol–water partition coefficient (Wildman–Crippen LogP) is 4.31. The van der Waals surface area contributed by atoms with Crippen molar-refractivity contribution in [3.63, 3.8) is 0 Å². The molecule has 0 radical (unpaired) electrons. The summed E-state index contributed by atoms with van der Waals surface area (Å²) < 4.78 is 0. The minimum absolute atomic E-state index is 0.0161. The second-order valence-corrected chi connectivity index (χ2v) is 5.20. The van der Waals surface area contributed by atoms with Gasteiger partial charge in [0.15, 0.2) is 0 Å². The van der Waals surface area contributed by atoms with Gasteiger partial charge in [-0.1, -0.05) is 43.7 Å². The first-order valence-electron chi connectivity index (χ1n) is 6.60. The Kier molecular flexibility index (Phi) is 8.10. The van der Waals surface area contributed by atoms with Crippen LogP contribution in [0.25, 0.3) is 0 Å². The van der Waals surface area contributed by atoms with Gasteiger partial charge in [-0.3, -0.25) is 4.79 Å². The van der Waals surface area contributed by atoms with Gasteiger partial charge in [0.05, 0.1) is 0 Å². The van der Waals surface area contributed by atoms with Gasteiger partial charge in [0.2, 0.25) is 5.91 Å². The Balaban J connectivity index is 4.29. The van der Waals surface area contributed by atoms with Gasteiger partial charge in [0.1, 0.15) is 0 Å². The van der Waals surface area contributed by atoms with Crippen LogP contribution in [0.3, 0.4) is 0 Å². The van der Waals surface area contributed by atoms with Crippen LogP contribution in [0.4, 0.5) is 0 Å². The summed E-state index contributed by atoms with van der Waals surface area (Å²) in [5.41, 5.74) is 2.67. The van der Waals surface area contributed by atoms with E-state index in [2.05, 4.69) is 39.5 Å². The number of nitrogens with zero attached hydrogens (tertiary/aromatic N) is 1. The van der Waals surface area contributed by atoms with Crippen molar-refractivity contribution in [2.24, 2.45) is 5.92 Å². The Bertz CT molecular complexity index is 333. The summed E-state index contributed by atoms with van der Waals surface area (Å²) in [6, 6.07) is 0. The molecule has 0 fully saturated rings. The highest BCUT2D eigenvalue weighted by molar-refractivity contribution is 5.79. The molecule has 0 aromatic carbocycles. The molecule has 102 valence electrons. The quantitative estimate of drug-likeness (QED) is 0.616. The van der Waals surface area contributed by atoms with E-state index in [9.17, 15) is 4.79 Å². The first kappa shape index (κ1) is 16.7. The number of carbonyl (C=O) groups excluding carboxylic acids is 1. The van der Waals surface area contributed by atoms with Gasteiger partial charge in [0, 0.05) is 12.5 Å². The Morgan fingerprint density at radius 3 is 2.28 bits per heavy atom. The monoisotopic (exact) mass is 249 g/mol. The zero-order valence-corrected chi connectivity index (χ0v) is 12.5. The van der Waals surface area contributed by atoms with Gasteiger partial charge < -0.3 is 4.90 Å². The molecule has 2 heteroatoms. The SMILES string of the molecule is C=CN(C/C=C(\C)CCC=C(C)C)C(=O)C(C)C. The van der Waals surface area contributed by atoms with Crippen LogP contribution < -0.4 is 0 Å². The van der Waals surface area contributed by atoms with Gasteiger partial charge in [-0.2, -0.15) is 0 Å². The maximum Gasteiger partial charge on any atom is 0.229 e. The molecule has 0 rings (SSSR count). The molecule has 18 heavy (non-hydrogen) atoms. The summed E-state index contributed by atoms with van der Waals surface area (Å²) in [7, 11) is 0. The highest BCUT2D eigenvalue weighted by Crippen LogP contribution is 2.08. The molecule has 0 spiro atoms. The third-order valence-electron chi connectivity index (χ3n) is 2.73. The molecule has 0 saturated heterocycles. The molecule has 2 nitrogen and oxygen atoms in total. The normalized spacial score (nSPS) is 11.3. The van der Waals surface area contributed by atoms with Crippen LogP contribution >= 0.6 is 0 Å². The van der Waals surface area contributed by atoms with Gasteiger partial charge in [0.25, 0.3) is 0 Å². The molecule has 0 atom stereocenters. The summed E-state index contributed by atoms with van der Waals surface area (Å²) in [6.45, 7) is 14.5. The molecule has 1 amide bonds. The summed E-state index contributed by atoms with van der Waals surface area (Å²) in [5.74, 6) is 0.140. The lowest BCUT2D eigenvalue weighted by molar-refractivity contribution is -0.131. The number of carbonyl (C=O) groups is 1. The molecule has 0 aromatic rings. The largest absolute Gasteiger partial charge is 0.316 e. The number of allylic oxidation sites excluding steroid dienone is 3. The van der Waals surface area contributed by atoms with Gasteiger partial charge >= 0.3 is 0 Å². The molecular formula is C16H27NO. The van der Waals surface area contributed by atoms with E-state index in [0.29, 0.717) is 6.54 Å². The molecule has 0 heterocycles. The van der Waals surface area contributed by atoms with E-state index < -0.39 is 0 Å². The van der Waals surface area contributed by atoms with Crippen LogP contribution in [0.2, 0.25) is 0 Å². The molecule has 0 N–H and O–H groups in total. The van der Waals surface area contributed by atoms with Gasteiger partial charge in [-0.15, -0.1) is 0 Å². The smallest absolute Gasteiger partial charge is 0.229 e. The first-order valence-corrected chi connectivity index (χ1v) is 6.60. The molecule has 0 aliphatic heterocycles. The van der Waals surface area contributed by atoms with E-state index in [0.717, 1.165) is 12.8 Å². The minimum Gasteiger partial charge on any atom is -0.316 e. The highest BCUT2D eigenvalue weighted by atomic mass is 16.2. The van der Waals surface area contributed by atoms with Crippen molar-refractivity contribution in [3.05, 3.63) is 36.1 Å². The zero-order chi connectivity index (χ0) is 14.1. The lowest BCUT2D eigenvalue weighted by Gasteiger charge is -2.18. The topological polar surface area (TPSA) is 20.3 Å². The van der Waals surface area contributed by atoms with Crippen LogP contribution in [0.5, 0.6) is 0 Å². The minimum atomic E-state index is 0.0161. The zero-order valence-electron chi connectivity index (χ0n) is 12.5. The Morgan fingerprint density at radius 2 is 1.83 bits per heavy atom. The summed E-state index contributed by atoms with van der Waals surface area (Å²) in [6.07, 6.45) is 8.08. The second kappa shape index (κ2) is 8.73. The van der Waals surface area contributed by atoms with Crippen molar-refractivity contribution in [2.75, 3.05) is 6.54 Å². The van der Waals surface area contributed by atoms with Crippen LogP contribution in [-0.2, 0) is 4.79 Å². The maximum atomic E-state index is 11.8. The van der Waals surface area contributed by atoms with Gasteiger partial charge in [-0.05, 0) is 39.8 Å². The molecule has 0 saturated carbocycles. The summed E-state index contributed by atoms with van der Waals surface area (Å²) >= 11 is 0. The standard InChI is InChI=1S/C16H27NO/c1-7-17(16(18)14(4)5)12-11-15(6)10-8-9-13(2)3/h7,9,11,14H,1,8,10,12H2,2-6H3/b15-11+. The third kappa shape index (κ3) is 7.10. The van der Waals surface area contributed by atoms with Crippen molar-refractivity contribution in [1.82, 2.24) is 4.90 Å². The predicted molar refractivity (Wildman–Crippen MR) is 79.2 cm³/mol. The summed E-state index contributed by atoms with van der Waals surface area (Å²) in [5, 5.41) is 0. The van der Waals surface area contributed by atoms with Crippen molar-refractivity contribution in [2.45, 2.75) is 47.5 Å². The Labute approximate surface area is 112 Å². The van der Waals surface area contributed by atoms with Crippen LogP contribution in [-0.4, -0.2) is 17.4 Å². The van der Waals surface area contributed by atoms with E-state index in [1.165, 1.54) is 11.1 Å². The van der Waals surface area contributed by atoms with E-state index in [1.807, 2.05) is 13.8 Å². The van der Waals surface area contributed by atoms with E-state index in [1.54, 1.807) is 11.1 Å². The number of rotatable bonds is 7. The lowest BCUT2D eigenvalue weighted by atomic mass is 10.1. The van der Waals surface area contributed by atoms with E-state index in [4.69, 9.17) is 0 Å². The van der Waals surface area contributed by atoms with Crippen LogP contribution in [0.15, 0.2) is 36.1 Å². The average molecular weight is 249 g/mol. The molecule has 0 aliphatic carbocycles. The summed E-state index contributed by atoms with van der Waals surface area (Å²) in [4.78, 5) is 13.5. The Hall–Kier alpha value is -1.31. The molecule has 0 unspecified atom stereocenters. The third-order valence-corrected chi connectivity index (χ3v) is 2.73. The lowest BCUT2D eigenvalue weighted by Crippen LogP contribution is -2.29. The van der Waals surface area contributed by atoms with Crippen molar-refractivity contribution < 1.29 is 4.79 Å². The maximum absolute atomic E-state index is 11.8. The second-order valence-electron chi connectivity index (χ2n) is 5.20.